The number of ether oxygens (including phenoxy) is 2. The Hall–Kier alpha value is -1.46. The van der Waals surface area contributed by atoms with Crippen molar-refractivity contribution >= 4 is 16.3 Å². The SMILES string of the molecule is CCCCCCCCCCCCCCC/C=C/CC/C=C/C(O)C(COC1OC(CO)C(O)C(OS(=O)(=O)O)C1O)NC(=O)C(O)CCCCCCCCCCC. The number of rotatable bonds is 37. The summed E-state index contributed by atoms with van der Waals surface area (Å²) in [7, 11) is -5.12. The van der Waals surface area contributed by atoms with Crippen molar-refractivity contribution in [3.63, 3.8) is 0 Å². The van der Waals surface area contributed by atoms with Crippen molar-refractivity contribution in [1.82, 2.24) is 5.32 Å². The Bertz CT molecular complexity index is 1140. The molecule has 336 valence electrons. The molecule has 1 fully saturated rings. The zero-order chi connectivity index (χ0) is 42.2. The number of hydrogen-bond donors (Lipinski definition) is 7. The standard InChI is InChI=1S/C43H81NO12S/c1-3-5-7-9-11-13-14-15-16-17-18-19-20-21-22-24-25-27-29-31-36(46)35(44-42(50)37(47)32-30-28-26-23-12-10-8-6-4-2)34-54-43-40(49)41(56-57(51,52)53)39(48)38(33-45)55-43/h22,24,29,31,35-41,43,45-49H,3-21,23,25-28,30,32-34H2,1-2H3,(H,44,50)(H,51,52,53)/b24-22+,31-29+. The van der Waals surface area contributed by atoms with Gasteiger partial charge in [-0.15, -0.1) is 0 Å². The number of unbranched alkanes of at least 4 members (excludes halogenated alkanes) is 22. The van der Waals surface area contributed by atoms with Gasteiger partial charge in [0.25, 0.3) is 0 Å². The van der Waals surface area contributed by atoms with Crippen LogP contribution in [-0.4, -0.2) is 107 Å². The van der Waals surface area contributed by atoms with Gasteiger partial charge in [-0.2, -0.15) is 8.42 Å². The van der Waals surface area contributed by atoms with E-state index in [0.717, 1.165) is 38.5 Å². The Kier molecular flexibility index (Phi) is 32.2. The quantitative estimate of drug-likeness (QED) is 0.0189. The summed E-state index contributed by atoms with van der Waals surface area (Å²) < 4.78 is 47.4. The maximum Gasteiger partial charge on any atom is 0.397 e. The molecule has 7 N–H and O–H groups in total. The van der Waals surface area contributed by atoms with Gasteiger partial charge in [0.15, 0.2) is 6.29 Å². The third-order valence-electron chi connectivity index (χ3n) is 10.6. The highest BCUT2D eigenvalue weighted by atomic mass is 32.3. The smallest absolute Gasteiger partial charge is 0.394 e. The van der Waals surface area contributed by atoms with Crippen LogP contribution in [0.2, 0.25) is 0 Å². The van der Waals surface area contributed by atoms with Gasteiger partial charge in [0.2, 0.25) is 5.91 Å². The summed E-state index contributed by atoms with van der Waals surface area (Å²) >= 11 is 0. The molecule has 14 heteroatoms. The normalized spacial score (nSPS) is 22.0. The molecule has 57 heavy (non-hydrogen) atoms. The Morgan fingerprint density at radius 1 is 0.702 bits per heavy atom. The zero-order valence-corrected chi connectivity index (χ0v) is 36.1. The Morgan fingerprint density at radius 3 is 1.68 bits per heavy atom. The monoisotopic (exact) mass is 836 g/mol. The lowest BCUT2D eigenvalue weighted by atomic mass is 9.99. The summed E-state index contributed by atoms with van der Waals surface area (Å²) in [5, 5.41) is 55.0. The molecule has 1 rings (SSSR count). The van der Waals surface area contributed by atoms with E-state index >= 15 is 0 Å². The van der Waals surface area contributed by atoms with Crippen LogP contribution in [0.1, 0.15) is 181 Å². The first-order chi connectivity index (χ1) is 27.4. The minimum absolute atomic E-state index is 0.238. The van der Waals surface area contributed by atoms with Crippen LogP contribution >= 0.6 is 0 Å². The highest BCUT2D eigenvalue weighted by molar-refractivity contribution is 7.80. The fraction of sp³-hybridized carbons (Fsp3) is 0.884. The number of carbonyl (C=O) groups is 1. The van der Waals surface area contributed by atoms with Crippen LogP contribution in [0.3, 0.4) is 0 Å². The molecule has 8 unspecified atom stereocenters. The Balaban J connectivity index is 2.61. The number of carbonyl (C=O) groups excluding carboxylic acids is 1. The summed E-state index contributed by atoms with van der Waals surface area (Å²) in [6.45, 7) is 3.16. The molecule has 0 bridgehead atoms. The summed E-state index contributed by atoms with van der Waals surface area (Å²) in [6, 6.07) is -1.13. The second-order valence-corrected chi connectivity index (χ2v) is 16.8. The van der Waals surface area contributed by atoms with E-state index in [4.69, 9.17) is 14.0 Å². The average molecular weight is 836 g/mol. The van der Waals surface area contributed by atoms with Crippen LogP contribution in [-0.2, 0) is 28.9 Å². The van der Waals surface area contributed by atoms with E-state index in [-0.39, 0.29) is 6.42 Å². The topological polar surface area (TPSA) is 212 Å². The molecule has 13 nitrogen and oxygen atoms in total. The van der Waals surface area contributed by atoms with Crippen LogP contribution in [0.25, 0.3) is 0 Å². The molecule has 0 spiro atoms. The van der Waals surface area contributed by atoms with Gasteiger partial charge in [-0.25, -0.2) is 4.18 Å². The van der Waals surface area contributed by atoms with E-state index < -0.39 is 78.5 Å². The minimum atomic E-state index is -5.12. The van der Waals surface area contributed by atoms with Crippen molar-refractivity contribution in [2.24, 2.45) is 0 Å². The number of allylic oxidation sites excluding steroid dienone is 3. The fourth-order valence-electron chi connectivity index (χ4n) is 7.01. The van der Waals surface area contributed by atoms with E-state index in [2.05, 4.69) is 35.5 Å². The maximum atomic E-state index is 13.0. The number of aliphatic hydroxyl groups excluding tert-OH is 5. The lowest BCUT2D eigenvalue weighted by molar-refractivity contribution is -0.298. The zero-order valence-electron chi connectivity index (χ0n) is 35.3. The Labute approximate surface area is 345 Å². The number of hydrogen-bond acceptors (Lipinski definition) is 11. The molecule has 8 atom stereocenters. The van der Waals surface area contributed by atoms with E-state index in [1.165, 1.54) is 115 Å². The van der Waals surface area contributed by atoms with E-state index in [9.17, 15) is 38.7 Å². The van der Waals surface area contributed by atoms with Crippen molar-refractivity contribution in [3.8, 4) is 0 Å². The molecule has 0 aliphatic carbocycles. The lowest BCUT2D eigenvalue weighted by Crippen LogP contribution is -2.61. The van der Waals surface area contributed by atoms with Crippen molar-refractivity contribution in [2.45, 2.75) is 230 Å². The molecule has 1 heterocycles. The van der Waals surface area contributed by atoms with Crippen LogP contribution in [0.4, 0.5) is 0 Å². The van der Waals surface area contributed by atoms with Crippen molar-refractivity contribution < 1.29 is 57.0 Å². The van der Waals surface area contributed by atoms with E-state index in [1.54, 1.807) is 6.08 Å². The summed E-state index contributed by atoms with van der Waals surface area (Å²) in [5.41, 5.74) is 0. The van der Waals surface area contributed by atoms with Crippen LogP contribution in [0, 0.1) is 0 Å². The molecule has 0 aromatic carbocycles. The number of aliphatic hydroxyl groups is 5. The summed E-state index contributed by atoms with van der Waals surface area (Å²) in [5.74, 6) is -0.715. The highest BCUT2D eigenvalue weighted by Gasteiger charge is 2.48. The molecule has 0 saturated carbocycles. The summed E-state index contributed by atoms with van der Waals surface area (Å²) in [4.78, 5) is 13.0. The third-order valence-corrected chi connectivity index (χ3v) is 11.1. The molecular formula is C43H81NO12S. The molecule has 0 aromatic rings. The van der Waals surface area contributed by atoms with Gasteiger partial charge in [0.1, 0.15) is 30.5 Å². The van der Waals surface area contributed by atoms with E-state index in [1.807, 2.05) is 0 Å². The Morgan fingerprint density at radius 2 is 1.18 bits per heavy atom. The highest BCUT2D eigenvalue weighted by Crippen LogP contribution is 2.26. The van der Waals surface area contributed by atoms with Gasteiger partial charge < -0.3 is 40.3 Å². The van der Waals surface area contributed by atoms with Gasteiger partial charge in [-0.1, -0.05) is 173 Å². The molecule has 1 amide bonds. The van der Waals surface area contributed by atoms with Crippen LogP contribution < -0.4 is 5.32 Å². The third kappa shape index (κ3) is 27.1. The van der Waals surface area contributed by atoms with Crippen LogP contribution in [0.15, 0.2) is 24.3 Å². The second kappa shape index (κ2) is 34.3. The number of amides is 1. The molecule has 0 radical (unpaired) electrons. The van der Waals surface area contributed by atoms with Gasteiger partial charge in [0.05, 0.1) is 25.4 Å². The van der Waals surface area contributed by atoms with Gasteiger partial charge in [0, 0.05) is 0 Å². The predicted molar refractivity (Wildman–Crippen MR) is 224 cm³/mol. The molecule has 1 aliphatic rings. The first kappa shape index (κ1) is 53.6. The van der Waals surface area contributed by atoms with Crippen molar-refractivity contribution in [1.29, 1.82) is 0 Å². The predicted octanol–water partition coefficient (Wildman–Crippen LogP) is 7.13. The second-order valence-electron chi connectivity index (χ2n) is 15.8. The van der Waals surface area contributed by atoms with Crippen molar-refractivity contribution in [2.75, 3.05) is 13.2 Å². The van der Waals surface area contributed by atoms with Gasteiger partial charge in [-0.3, -0.25) is 9.35 Å². The first-order valence-electron chi connectivity index (χ1n) is 22.3. The average Bonchev–Trinajstić information content (AvgIpc) is 3.18. The number of nitrogens with one attached hydrogen (secondary N) is 1. The largest absolute Gasteiger partial charge is 0.397 e. The van der Waals surface area contributed by atoms with E-state index in [0.29, 0.717) is 12.8 Å². The fourth-order valence-corrected chi connectivity index (χ4v) is 7.51. The molecule has 0 aromatic heterocycles. The molecule has 1 aliphatic heterocycles. The van der Waals surface area contributed by atoms with Gasteiger partial charge in [-0.05, 0) is 32.1 Å². The first-order valence-corrected chi connectivity index (χ1v) is 23.7. The summed E-state index contributed by atoms with van der Waals surface area (Å²) in [6.07, 6.45) is 25.7. The van der Waals surface area contributed by atoms with Crippen LogP contribution in [0.5, 0.6) is 0 Å². The van der Waals surface area contributed by atoms with Gasteiger partial charge >= 0.3 is 10.4 Å². The van der Waals surface area contributed by atoms with Crippen molar-refractivity contribution in [3.05, 3.63) is 24.3 Å². The molecular weight excluding hydrogens is 755 g/mol. The lowest BCUT2D eigenvalue weighted by Gasteiger charge is -2.41. The maximum absolute atomic E-state index is 13.0. The molecule has 1 saturated heterocycles. The minimum Gasteiger partial charge on any atom is -0.394 e.